The number of hydrogen-bond acceptors (Lipinski definition) is 3. The molecule has 68 valence electrons. The standard InChI is InChI=1S/C8H16N4/c1-7(2)12-8(3-5-11-12)10-6-4-9/h3,5,7,10H,4,6,9H2,1-2H3. The van der Waals surface area contributed by atoms with Gasteiger partial charge < -0.3 is 11.1 Å². The summed E-state index contributed by atoms with van der Waals surface area (Å²) in [6.07, 6.45) is 1.79. The van der Waals surface area contributed by atoms with Crippen LogP contribution in [0.3, 0.4) is 0 Å². The maximum atomic E-state index is 5.38. The molecular weight excluding hydrogens is 152 g/mol. The van der Waals surface area contributed by atoms with E-state index < -0.39 is 0 Å². The second-order valence-electron chi connectivity index (χ2n) is 2.97. The Hall–Kier alpha value is -1.03. The van der Waals surface area contributed by atoms with E-state index in [0.29, 0.717) is 12.6 Å². The van der Waals surface area contributed by atoms with Crippen molar-refractivity contribution in [3.63, 3.8) is 0 Å². The molecule has 1 heterocycles. The van der Waals surface area contributed by atoms with E-state index in [1.807, 2.05) is 10.7 Å². The molecule has 0 atom stereocenters. The molecule has 0 amide bonds. The van der Waals surface area contributed by atoms with Gasteiger partial charge in [-0.25, -0.2) is 4.68 Å². The minimum Gasteiger partial charge on any atom is -0.369 e. The first-order valence-corrected chi connectivity index (χ1v) is 4.23. The van der Waals surface area contributed by atoms with Crippen LogP contribution in [-0.2, 0) is 0 Å². The molecule has 1 aromatic rings. The third kappa shape index (κ3) is 1.98. The molecule has 0 aliphatic rings. The first-order chi connectivity index (χ1) is 5.75. The fraction of sp³-hybridized carbons (Fsp3) is 0.625. The van der Waals surface area contributed by atoms with Gasteiger partial charge in [0.25, 0.3) is 0 Å². The molecule has 0 saturated carbocycles. The predicted molar refractivity (Wildman–Crippen MR) is 50.2 cm³/mol. The zero-order valence-corrected chi connectivity index (χ0v) is 7.62. The van der Waals surface area contributed by atoms with Crippen molar-refractivity contribution in [2.45, 2.75) is 19.9 Å². The van der Waals surface area contributed by atoms with Gasteiger partial charge in [0.2, 0.25) is 0 Å². The SMILES string of the molecule is CC(C)n1nccc1NCCN. The van der Waals surface area contributed by atoms with E-state index in [9.17, 15) is 0 Å². The molecule has 1 aromatic heterocycles. The molecule has 0 aromatic carbocycles. The molecule has 0 bridgehead atoms. The number of rotatable bonds is 4. The van der Waals surface area contributed by atoms with E-state index in [4.69, 9.17) is 5.73 Å². The topological polar surface area (TPSA) is 55.9 Å². The maximum Gasteiger partial charge on any atom is 0.124 e. The number of nitrogens with zero attached hydrogens (tertiary/aromatic N) is 2. The highest BCUT2D eigenvalue weighted by Gasteiger charge is 2.03. The van der Waals surface area contributed by atoms with E-state index >= 15 is 0 Å². The van der Waals surface area contributed by atoms with Crippen LogP contribution in [0.15, 0.2) is 12.3 Å². The Morgan fingerprint density at radius 2 is 2.42 bits per heavy atom. The monoisotopic (exact) mass is 168 g/mol. The van der Waals surface area contributed by atoms with E-state index in [1.165, 1.54) is 0 Å². The number of nitrogens with two attached hydrogens (primary N) is 1. The largest absolute Gasteiger partial charge is 0.369 e. The number of hydrogen-bond donors (Lipinski definition) is 2. The van der Waals surface area contributed by atoms with Crippen molar-refractivity contribution in [2.75, 3.05) is 18.4 Å². The normalized spacial score (nSPS) is 10.7. The summed E-state index contributed by atoms with van der Waals surface area (Å²) in [5.41, 5.74) is 5.38. The molecule has 4 heteroatoms. The lowest BCUT2D eigenvalue weighted by molar-refractivity contribution is 0.538. The van der Waals surface area contributed by atoms with Gasteiger partial charge in [0.1, 0.15) is 5.82 Å². The molecular formula is C8H16N4. The Morgan fingerprint density at radius 1 is 1.67 bits per heavy atom. The maximum absolute atomic E-state index is 5.38. The van der Waals surface area contributed by atoms with Crippen molar-refractivity contribution in [1.82, 2.24) is 9.78 Å². The van der Waals surface area contributed by atoms with Gasteiger partial charge in [-0.2, -0.15) is 5.10 Å². The van der Waals surface area contributed by atoms with Crippen LogP contribution >= 0.6 is 0 Å². The fourth-order valence-electron chi connectivity index (χ4n) is 1.07. The molecule has 4 nitrogen and oxygen atoms in total. The highest BCUT2D eigenvalue weighted by Crippen LogP contribution is 2.11. The van der Waals surface area contributed by atoms with Gasteiger partial charge in [-0.05, 0) is 13.8 Å². The second kappa shape index (κ2) is 4.11. The van der Waals surface area contributed by atoms with Crippen LogP contribution in [0, 0.1) is 0 Å². The zero-order valence-electron chi connectivity index (χ0n) is 7.62. The highest BCUT2D eigenvalue weighted by molar-refractivity contribution is 5.34. The van der Waals surface area contributed by atoms with Crippen LogP contribution in [0.2, 0.25) is 0 Å². The van der Waals surface area contributed by atoms with Crippen LogP contribution < -0.4 is 11.1 Å². The Labute approximate surface area is 72.8 Å². The average Bonchev–Trinajstić information content (AvgIpc) is 2.48. The zero-order chi connectivity index (χ0) is 8.97. The Kier molecular flexibility index (Phi) is 3.10. The molecule has 0 radical (unpaired) electrons. The van der Waals surface area contributed by atoms with Crippen molar-refractivity contribution < 1.29 is 0 Å². The molecule has 0 unspecified atom stereocenters. The van der Waals surface area contributed by atoms with Crippen LogP contribution in [0.1, 0.15) is 19.9 Å². The first kappa shape index (κ1) is 9.06. The second-order valence-corrected chi connectivity index (χ2v) is 2.97. The molecule has 0 aliphatic carbocycles. The number of anilines is 1. The van der Waals surface area contributed by atoms with E-state index in [0.717, 1.165) is 12.4 Å². The average molecular weight is 168 g/mol. The Morgan fingerprint density at radius 3 is 3.00 bits per heavy atom. The van der Waals surface area contributed by atoms with E-state index in [2.05, 4.69) is 24.3 Å². The van der Waals surface area contributed by atoms with E-state index in [-0.39, 0.29) is 0 Å². The quantitative estimate of drug-likeness (QED) is 0.700. The summed E-state index contributed by atoms with van der Waals surface area (Å²) in [4.78, 5) is 0. The summed E-state index contributed by atoms with van der Waals surface area (Å²) < 4.78 is 1.94. The molecule has 0 aliphatic heterocycles. The van der Waals surface area contributed by atoms with E-state index in [1.54, 1.807) is 6.20 Å². The summed E-state index contributed by atoms with van der Waals surface area (Å²) in [7, 11) is 0. The van der Waals surface area contributed by atoms with Crippen molar-refractivity contribution in [3.8, 4) is 0 Å². The van der Waals surface area contributed by atoms with Crippen molar-refractivity contribution in [2.24, 2.45) is 5.73 Å². The van der Waals surface area contributed by atoms with Gasteiger partial charge in [0.05, 0.1) is 6.20 Å². The van der Waals surface area contributed by atoms with Gasteiger partial charge in [-0.3, -0.25) is 0 Å². The number of nitrogens with one attached hydrogen (secondary N) is 1. The third-order valence-corrected chi connectivity index (χ3v) is 1.61. The Bertz CT molecular complexity index is 229. The van der Waals surface area contributed by atoms with Crippen molar-refractivity contribution in [3.05, 3.63) is 12.3 Å². The van der Waals surface area contributed by atoms with Crippen molar-refractivity contribution >= 4 is 5.82 Å². The molecule has 3 N–H and O–H groups in total. The van der Waals surface area contributed by atoms with Crippen LogP contribution in [0.25, 0.3) is 0 Å². The summed E-state index contributed by atoms with van der Waals surface area (Å²) >= 11 is 0. The Balaban J connectivity index is 2.64. The van der Waals surface area contributed by atoms with Crippen LogP contribution in [0.5, 0.6) is 0 Å². The van der Waals surface area contributed by atoms with Gasteiger partial charge in [-0.1, -0.05) is 0 Å². The third-order valence-electron chi connectivity index (χ3n) is 1.61. The van der Waals surface area contributed by atoms with Crippen LogP contribution in [-0.4, -0.2) is 22.9 Å². The lowest BCUT2D eigenvalue weighted by Crippen LogP contribution is -2.16. The van der Waals surface area contributed by atoms with Crippen LogP contribution in [0.4, 0.5) is 5.82 Å². The smallest absolute Gasteiger partial charge is 0.124 e. The highest BCUT2D eigenvalue weighted by atomic mass is 15.3. The van der Waals surface area contributed by atoms with Gasteiger partial charge >= 0.3 is 0 Å². The summed E-state index contributed by atoms with van der Waals surface area (Å²) in [6, 6.07) is 2.34. The minimum absolute atomic E-state index is 0.389. The molecule has 0 spiro atoms. The van der Waals surface area contributed by atoms with Gasteiger partial charge in [0.15, 0.2) is 0 Å². The predicted octanol–water partition coefficient (Wildman–Crippen LogP) is 0.835. The molecule has 0 saturated heterocycles. The summed E-state index contributed by atoms with van der Waals surface area (Å²) in [6.45, 7) is 5.63. The van der Waals surface area contributed by atoms with Crippen molar-refractivity contribution in [1.29, 1.82) is 0 Å². The molecule has 0 fully saturated rings. The molecule has 12 heavy (non-hydrogen) atoms. The number of aromatic nitrogens is 2. The van der Waals surface area contributed by atoms with Gasteiger partial charge in [-0.15, -0.1) is 0 Å². The fourth-order valence-corrected chi connectivity index (χ4v) is 1.07. The van der Waals surface area contributed by atoms with Gasteiger partial charge in [0, 0.05) is 25.2 Å². The summed E-state index contributed by atoms with van der Waals surface area (Å²) in [5, 5.41) is 7.38. The summed E-state index contributed by atoms with van der Waals surface area (Å²) in [5.74, 6) is 1.04. The lowest BCUT2D eigenvalue weighted by Gasteiger charge is -2.11. The molecule has 1 rings (SSSR count). The minimum atomic E-state index is 0.389. The lowest BCUT2D eigenvalue weighted by atomic mass is 10.4. The first-order valence-electron chi connectivity index (χ1n) is 4.23.